The molecule has 180 valence electrons. The quantitative estimate of drug-likeness (QED) is 0.227. The van der Waals surface area contributed by atoms with E-state index in [2.05, 4.69) is 109 Å². The lowest BCUT2D eigenvalue weighted by atomic mass is 9.93. The Hall–Kier alpha value is -4.43. The molecule has 0 aliphatic heterocycles. The van der Waals surface area contributed by atoms with E-state index >= 15 is 0 Å². The Labute approximate surface area is 217 Å². The number of aromatic amines is 1. The summed E-state index contributed by atoms with van der Waals surface area (Å²) in [4.78, 5) is 16.9. The van der Waals surface area contributed by atoms with Crippen LogP contribution in [0.2, 0.25) is 0 Å². The highest BCUT2D eigenvalue weighted by Gasteiger charge is 2.19. The second-order valence-corrected chi connectivity index (χ2v) is 9.60. The number of hydrogen-bond acceptors (Lipinski definition) is 1. The van der Waals surface area contributed by atoms with Crippen LogP contribution in [-0.4, -0.2) is 10.8 Å². The predicted molar refractivity (Wildman–Crippen MR) is 156 cm³/mol. The van der Waals surface area contributed by atoms with Gasteiger partial charge in [0.2, 0.25) is 0 Å². The largest absolute Gasteiger partial charge is 0.354 e. The van der Waals surface area contributed by atoms with Crippen LogP contribution in [0.5, 0.6) is 0 Å². The van der Waals surface area contributed by atoms with Crippen LogP contribution in [0.15, 0.2) is 115 Å². The molecule has 0 unspecified atom stereocenters. The Balaban J connectivity index is 1.62. The number of nitrogens with one attached hydrogen (secondary N) is 1. The van der Waals surface area contributed by atoms with E-state index in [9.17, 15) is 4.79 Å². The zero-order valence-corrected chi connectivity index (χ0v) is 21.0. The minimum atomic E-state index is 0.200. The van der Waals surface area contributed by atoms with Crippen LogP contribution in [0.3, 0.4) is 0 Å². The predicted octanol–water partition coefficient (Wildman–Crippen LogP) is 9.69. The smallest absolute Gasteiger partial charge is 0.163 e. The standard InChI is InChI=1S/C35H29NO/c1-2-3-22-34(37)30-19-9-8-18-29(30)33-23-32(28-20-10-14-24-12-4-6-16-26(24)28)35(36-33)31-21-11-15-25-13-5-7-17-27(25)31/h4-21,23,36H,2-3,22H2,1H3. The number of benzene rings is 5. The van der Waals surface area contributed by atoms with Gasteiger partial charge in [-0.1, -0.05) is 123 Å². The first-order valence-corrected chi connectivity index (χ1v) is 13.1. The van der Waals surface area contributed by atoms with Crippen molar-refractivity contribution in [2.45, 2.75) is 26.2 Å². The van der Waals surface area contributed by atoms with Crippen molar-refractivity contribution < 1.29 is 4.79 Å². The summed E-state index contributed by atoms with van der Waals surface area (Å²) in [6.07, 6.45) is 2.48. The highest BCUT2D eigenvalue weighted by atomic mass is 16.1. The average molecular weight is 480 g/mol. The summed E-state index contributed by atoms with van der Waals surface area (Å²) >= 11 is 0. The number of Topliss-reactive ketones (excluding diaryl/α,β-unsaturated/α-hetero) is 1. The van der Waals surface area contributed by atoms with Gasteiger partial charge in [0.1, 0.15) is 0 Å². The van der Waals surface area contributed by atoms with Gasteiger partial charge in [-0.3, -0.25) is 4.79 Å². The number of fused-ring (bicyclic) bond motifs is 2. The molecule has 1 heterocycles. The molecule has 2 nitrogen and oxygen atoms in total. The lowest BCUT2D eigenvalue weighted by Crippen LogP contribution is -2.01. The van der Waals surface area contributed by atoms with Crippen molar-refractivity contribution in [3.8, 4) is 33.6 Å². The molecule has 0 amide bonds. The van der Waals surface area contributed by atoms with E-state index in [-0.39, 0.29) is 5.78 Å². The van der Waals surface area contributed by atoms with Crippen molar-refractivity contribution in [3.63, 3.8) is 0 Å². The van der Waals surface area contributed by atoms with Crippen molar-refractivity contribution in [1.82, 2.24) is 4.98 Å². The van der Waals surface area contributed by atoms with Crippen molar-refractivity contribution in [2.24, 2.45) is 0 Å². The van der Waals surface area contributed by atoms with E-state index in [4.69, 9.17) is 0 Å². The van der Waals surface area contributed by atoms with Crippen molar-refractivity contribution in [1.29, 1.82) is 0 Å². The maximum atomic E-state index is 13.2. The summed E-state index contributed by atoms with van der Waals surface area (Å²) in [7, 11) is 0. The molecule has 0 radical (unpaired) electrons. The van der Waals surface area contributed by atoms with Crippen LogP contribution in [0.25, 0.3) is 55.2 Å². The zero-order chi connectivity index (χ0) is 25.2. The van der Waals surface area contributed by atoms with E-state index in [1.54, 1.807) is 0 Å². The third-order valence-electron chi connectivity index (χ3n) is 7.23. The third kappa shape index (κ3) is 4.25. The summed E-state index contributed by atoms with van der Waals surface area (Å²) in [5, 5.41) is 4.83. The number of unbranched alkanes of at least 4 members (excludes halogenated alkanes) is 1. The van der Waals surface area contributed by atoms with Crippen LogP contribution in [0.4, 0.5) is 0 Å². The molecule has 1 aromatic heterocycles. The molecule has 0 bridgehead atoms. The number of carbonyl (C=O) groups excluding carboxylic acids is 1. The van der Waals surface area contributed by atoms with Crippen LogP contribution < -0.4 is 0 Å². The second kappa shape index (κ2) is 9.91. The van der Waals surface area contributed by atoms with Gasteiger partial charge in [0.05, 0.1) is 5.69 Å². The minimum absolute atomic E-state index is 0.200. The molecule has 0 aliphatic carbocycles. The van der Waals surface area contributed by atoms with Gasteiger partial charge in [0, 0.05) is 34.4 Å². The number of H-pyrrole nitrogens is 1. The highest BCUT2D eigenvalue weighted by molar-refractivity contribution is 6.07. The first-order valence-electron chi connectivity index (χ1n) is 13.1. The number of hydrogen-bond donors (Lipinski definition) is 1. The third-order valence-corrected chi connectivity index (χ3v) is 7.23. The van der Waals surface area contributed by atoms with E-state index in [0.717, 1.165) is 46.5 Å². The number of rotatable bonds is 7. The molecule has 0 spiro atoms. The molecule has 6 rings (SSSR count). The molecular weight excluding hydrogens is 450 g/mol. The number of aromatic nitrogens is 1. The molecule has 0 atom stereocenters. The molecule has 1 N–H and O–H groups in total. The van der Waals surface area contributed by atoms with Crippen molar-refractivity contribution in [2.75, 3.05) is 0 Å². The highest BCUT2D eigenvalue weighted by Crippen LogP contribution is 2.41. The van der Waals surface area contributed by atoms with Crippen LogP contribution in [0.1, 0.15) is 36.5 Å². The summed E-state index contributed by atoms with van der Waals surface area (Å²) < 4.78 is 0. The maximum Gasteiger partial charge on any atom is 0.163 e. The summed E-state index contributed by atoms with van der Waals surface area (Å²) in [5.74, 6) is 0.200. The van der Waals surface area contributed by atoms with Gasteiger partial charge in [-0.05, 0) is 39.6 Å². The molecular formula is C35H29NO. The lowest BCUT2D eigenvalue weighted by Gasteiger charge is -2.11. The maximum absolute atomic E-state index is 13.2. The topological polar surface area (TPSA) is 32.9 Å². The fourth-order valence-electron chi connectivity index (χ4n) is 5.36. The fraction of sp³-hybridized carbons (Fsp3) is 0.114. The van der Waals surface area contributed by atoms with Gasteiger partial charge in [0.15, 0.2) is 5.78 Å². The lowest BCUT2D eigenvalue weighted by molar-refractivity contribution is 0.0980. The average Bonchev–Trinajstić information content (AvgIpc) is 3.40. The number of carbonyl (C=O) groups is 1. The summed E-state index contributed by atoms with van der Waals surface area (Å²) in [6.45, 7) is 2.12. The Morgan fingerprint density at radius 3 is 1.92 bits per heavy atom. The zero-order valence-electron chi connectivity index (χ0n) is 21.0. The Kier molecular flexibility index (Phi) is 6.16. The Morgan fingerprint density at radius 2 is 1.19 bits per heavy atom. The van der Waals surface area contributed by atoms with Gasteiger partial charge in [-0.15, -0.1) is 0 Å². The van der Waals surface area contributed by atoms with Gasteiger partial charge in [-0.25, -0.2) is 0 Å². The van der Waals surface area contributed by atoms with E-state index in [0.29, 0.717) is 6.42 Å². The first-order chi connectivity index (χ1) is 18.2. The van der Waals surface area contributed by atoms with Crippen molar-refractivity contribution >= 4 is 27.3 Å². The second-order valence-electron chi connectivity index (χ2n) is 9.60. The molecule has 6 aromatic rings. The molecule has 2 heteroatoms. The van der Waals surface area contributed by atoms with Crippen LogP contribution >= 0.6 is 0 Å². The monoisotopic (exact) mass is 479 g/mol. The molecule has 0 aliphatic rings. The minimum Gasteiger partial charge on any atom is -0.354 e. The van der Waals surface area contributed by atoms with E-state index in [1.165, 1.54) is 27.1 Å². The van der Waals surface area contributed by atoms with E-state index < -0.39 is 0 Å². The first kappa shape index (κ1) is 23.0. The van der Waals surface area contributed by atoms with Gasteiger partial charge < -0.3 is 4.98 Å². The molecule has 0 saturated heterocycles. The van der Waals surface area contributed by atoms with Gasteiger partial charge >= 0.3 is 0 Å². The fourth-order valence-corrected chi connectivity index (χ4v) is 5.36. The van der Waals surface area contributed by atoms with E-state index in [1.807, 2.05) is 18.2 Å². The Bertz CT molecular complexity index is 1630. The summed E-state index contributed by atoms with van der Waals surface area (Å²) in [6, 6.07) is 40.2. The molecule has 37 heavy (non-hydrogen) atoms. The number of ketones is 1. The molecule has 5 aromatic carbocycles. The molecule has 0 saturated carbocycles. The van der Waals surface area contributed by atoms with Crippen LogP contribution in [0, 0.1) is 0 Å². The summed E-state index contributed by atoms with van der Waals surface area (Å²) in [5.41, 5.74) is 7.24. The van der Waals surface area contributed by atoms with Gasteiger partial charge in [0.25, 0.3) is 0 Å². The van der Waals surface area contributed by atoms with Crippen molar-refractivity contribution in [3.05, 3.63) is 121 Å². The SMILES string of the molecule is CCCCC(=O)c1ccccc1-c1cc(-c2cccc3ccccc23)c(-c2cccc3ccccc23)[nH]1. The molecule has 0 fully saturated rings. The van der Waals surface area contributed by atoms with Gasteiger partial charge in [-0.2, -0.15) is 0 Å². The normalized spacial score (nSPS) is 11.3. The van der Waals surface area contributed by atoms with Crippen LogP contribution in [-0.2, 0) is 0 Å². The Morgan fingerprint density at radius 1 is 0.622 bits per heavy atom.